The summed E-state index contributed by atoms with van der Waals surface area (Å²) in [7, 11) is 3.81. The first-order chi connectivity index (χ1) is 13.9. The molecule has 0 aliphatic heterocycles. The Kier molecular flexibility index (Phi) is 6.53. The molecule has 154 valence electrons. The maximum Gasteiger partial charge on any atom is 0.341 e. The van der Waals surface area contributed by atoms with E-state index in [1.54, 1.807) is 31.2 Å². The number of ether oxygens (including phenoxy) is 2. The van der Waals surface area contributed by atoms with E-state index < -0.39 is 24.5 Å². The maximum atomic E-state index is 12.3. The number of hydrogen-bond acceptors (Lipinski definition) is 7. The zero-order valence-electron chi connectivity index (χ0n) is 16.7. The van der Waals surface area contributed by atoms with E-state index in [2.05, 4.69) is 5.32 Å². The van der Waals surface area contributed by atoms with Crippen LogP contribution in [0.2, 0.25) is 0 Å². The summed E-state index contributed by atoms with van der Waals surface area (Å²) in [6, 6.07) is 6.89. The van der Waals surface area contributed by atoms with Crippen LogP contribution in [0.25, 0.3) is 0 Å². The van der Waals surface area contributed by atoms with Crippen molar-refractivity contribution >= 4 is 39.9 Å². The number of esters is 2. The van der Waals surface area contributed by atoms with E-state index in [1.165, 1.54) is 11.3 Å². The monoisotopic (exact) mass is 416 g/mol. The molecular weight excluding hydrogens is 392 g/mol. The van der Waals surface area contributed by atoms with Crippen LogP contribution >= 0.6 is 11.3 Å². The Morgan fingerprint density at radius 1 is 1.10 bits per heavy atom. The largest absolute Gasteiger partial charge is 0.462 e. The molecule has 3 rings (SSSR count). The van der Waals surface area contributed by atoms with Crippen LogP contribution in [0.3, 0.4) is 0 Å². The van der Waals surface area contributed by atoms with E-state index in [9.17, 15) is 14.4 Å². The van der Waals surface area contributed by atoms with Gasteiger partial charge in [-0.2, -0.15) is 0 Å². The molecule has 0 atom stereocenters. The first kappa shape index (κ1) is 20.9. The highest BCUT2D eigenvalue weighted by atomic mass is 32.1. The van der Waals surface area contributed by atoms with E-state index in [4.69, 9.17) is 9.47 Å². The molecule has 1 aliphatic rings. The van der Waals surface area contributed by atoms with Crippen molar-refractivity contribution < 1.29 is 23.9 Å². The van der Waals surface area contributed by atoms with Gasteiger partial charge in [0.1, 0.15) is 5.00 Å². The highest BCUT2D eigenvalue weighted by Crippen LogP contribution is 2.46. The maximum absolute atomic E-state index is 12.3. The van der Waals surface area contributed by atoms with Crippen molar-refractivity contribution in [1.82, 2.24) is 0 Å². The third-order valence-electron chi connectivity index (χ3n) is 4.52. The van der Waals surface area contributed by atoms with Crippen molar-refractivity contribution in [3.63, 3.8) is 0 Å². The van der Waals surface area contributed by atoms with Gasteiger partial charge in [0.2, 0.25) is 0 Å². The number of rotatable bonds is 8. The summed E-state index contributed by atoms with van der Waals surface area (Å²) in [5, 5.41) is 5.00. The van der Waals surface area contributed by atoms with Crippen LogP contribution < -0.4 is 10.2 Å². The van der Waals surface area contributed by atoms with Gasteiger partial charge in [0.05, 0.1) is 17.7 Å². The van der Waals surface area contributed by atoms with Gasteiger partial charge in [-0.05, 0) is 60.9 Å². The van der Waals surface area contributed by atoms with Crippen LogP contribution in [0.5, 0.6) is 0 Å². The first-order valence-electron chi connectivity index (χ1n) is 9.43. The van der Waals surface area contributed by atoms with Gasteiger partial charge in [0.25, 0.3) is 5.91 Å². The number of thiophene rings is 1. The zero-order valence-corrected chi connectivity index (χ0v) is 17.5. The lowest BCUT2D eigenvalue weighted by atomic mass is 10.1. The van der Waals surface area contributed by atoms with Crippen LogP contribution in [0.4, 0.5) is 10.7 Å². The molecule has 7 nitrogen and oxygen atoms in total. The molecule has 1 aromatic carbocycles. The molecule has 1 heterocycles. The minimum atomic E-state index is -0.582. The third kappa shape index (κ3) is 5.14. The van der Waals surface area contributed by atoms with Gasteiger partial charge in [-0.15, -0.1) is 11.3 Å². The molecule has 29 heavy (non-hydrogen) atoms. The quantitative estimate of drug-likeness (QED) is 0.661. The normalized spacial score (nSPS) is 12.9. The second-order valence-electron chi connectivity index (χ2n) is 6.96. The van der Waals surface area contributed by atoms with Crippen LogP contribution in [0.1, 0.15) is 52.0 Å². The summed E-state index contributed by atoms with van der Waals surface area (Å²) < 4.78 is 10.2. The number of nitrogens with one attached hydrogen (secondary N) is 1. The number of nitrogens with zero attached hydrogens (tertiary/aromatic N) is 1. The summed E-state index contributed by atoms with van der Waals surface area (Å²) in [4.78, 5) is 38.7. The van der Waals surface area contributed by atoms with Crippen LogP contribution in [0.15, 0.2) is 29.6 Å². The summed E-state index contributed by atoms with van der Waals surface area (Å²) in [6.07, 6.45) is 2.06. The smallest absolute Gasteiger partial charge is 0.341 e. The third-order valence-corrected chi connectivity index (χ3v) is 5.44. The van der Waals surface area contributed by atoms with Crippen molar-refractivity contribution in [2.75, 3.05) is 37.5 Å². The predicted molar refractivity (Wildman–Crippen MR) is 112 cm³/mol. The van der Waals surface area contributed by atoms with Crippen LogP contribution in [-0.4, -0.2) is 45.2 Å². The van der Waals surface area contributed by atoms with Crippen molar-refractivity contribution in [2.24, 2.45) is 0 Å². The highest BCUT2D eigenvalue weighted by Gasteiger charge is 2.32. The fourth-order valence-corrected chi connectivity index (χ4v) is 3.89. The van der Waals surface area contributed by atoms with Gasteiger partial charge >= 0.3 is 11.9 Å². The SMILES string of the molecule is CCOC(=O)c1c(C2CC2)csc1NC(=O)COC(=O)c1ccc(N(C)C)cc1. The Bertz CT molecular complexity index is 900. The molecule has 0 unspecified atom stereocenters. The summed E-state index contributed by atoms with van der Waals surface area (Å²) in [5.41, 5.74) is 2.65. The molecular formula is C21H24N2O5S. The van der Waals surface area contributed by atoms with E-state index in [0.29, 0.717) is 22.0 Å². The molecule has 1 aliphatic carbocycles. The minimum Gasteiger partial charge on any atom is -0.462 e. The Labute approximate surface area is 173 Å². The minimum absolute atomic E-state index is 0.260. The Morgan fingerprint density at radius 3 is 2.38 bits per heavy atom. The van der Waals surface area contributed by atoms with Gasteiger partial charge in [-0.1, -0.05) is 0 Å². The second kappa shape index (κ2) is 9.09. The zero-order chi connectivity index (χ0) is 21.0. The molecule has 1 amide bonds. The van der Waals surface area contributed by atoms with Gasteiger partial charge in [0, 0.05) is 19.8 Å². The van der Waals surface area contributed by atoms with Gasteiger partial charge in [-0.3, -0.25) is 4.79 Å². The molecule has 0 saturated heterocycles. The summed E-state index contributed by atoms with van der Waals surface area (Å²) in [5.74, 6) is -1.18. The molecule has 2 aromatic rings. The van der Waals surface area contributed by atoms with Gasteiger partial charge < -0.3 is 19.7 Å². The van der Waals surface area contributed by atoms with E-state index in [0.717, 1.165) is 24.1 Å². The van der Waals surface area contributed by atoms with Crippen molar-refractivity contribution in [3.8, 4) is 0 Å². The van der Waals surface area contributed by atoms with Crippen molar-refractivity contribution in [1.29, 1.82) is 0 Å². The fourth-order valence-electron chi connectivity index (χ4n) is 2.84. The van der Waals surface area contributed by atoms with E-state index >= 15 is 0 Å². The molecule has 0 spiro atoms. The van der Waals surface area contributed by atoms with Gasteiger partial charge in [0.15, 0.2) is 6.61 Å². The lowest BCUT2D eigenvalue weighted by Gasteiger charge is -2.12. The molecule has 8 heteroatoms. The average molecular weight is 416 g/mol. The van der Waals surface area contributed by atoms with E-state index in [-0.39, 0.29) is 6.61 Å². The van der Waals surface area contributed by atoms with Crippen LogP contribution in [0, 0.1) is 0 Å². The first-order valence-corrected chi connectivity index (χ1v) is 10.3. The number of hydrogen-bond donors (Lipinski definition) is 1. The molecule has 1 saturated carbocycles. The number of anilines is 2. The Balaban J connectivity index is 1.60. The molecule has 1 fully saturated rings. The van der Waals surface area contributed by atoms with Crippen molar-refractivity contribution in [3.05, 3.63) is 46.3 Å². The number of benzene rings is 1. The fraction of sp³-hybridized carbons (Fsp3) is 0.381. The standard InChI is InChI=1S/C21H24N2O5S/c1-4-27-21(26)18-16(13-5-6-13)12-29-19(18)22-17(24)11-28-20(25)14-7-9-15(10-8-14)23(2)3/h7-10,12-13H,4-6,11H2,1-3H3,(H,22,24). The number of carbonyl (C=O) groups excluding carboxylic acids is 3. The second-order valence-corrected chi connectivity index (χ2v) is 7.84. The molecule has 1 N–H and O–H groups in total. The van der Waals surface area contributed by atoms with E-state index in [1.807, 2.05) is 24.4 Å². The average Bonchev–Trinajstić information content (AvgIpc) is 3.46. The molecule has 1 aromatic heterocycles. The molecule has 0 radical (unpaired) electrons. The van der Waals surface area contributed by atoms with Crippen LogP contribution in [-0.2, 0) is 14.3 Å². The lowest BCUT2D eigenvalue weighted by molar-refractivity contribution is -0.119. The summed E-state index contributed by atoms with van der Waals surface area (Å²) >= 11 is 1.28. The lowest BCUT2D eigenvalue weighted by Crippen LogP contribution is -2.22. The van der Waals surface area contributed by atoms with Crippen molar-refractivity contribution in [2.45, 2.75) is 25.7 Å². The topological polar surface area (TPSA) is 84.9 Å². The predicted octanol–water partition coefficient (Wildman–Crippen LogP) is 3.66. The Morgan fingerprint density at radius 2 is 1.79 bits per heavy atom. The van der Waals surface area contributed by atoms with Gasteiger partial charge in [-0.25, -0.2) is 9.59 Å². The Hall–Kier alpha value is -2.87. The molecule has 0 bridgehead atoms. The number of amides is 1. The highest BCUT2D eigenvalue weighted by molar-refractivity contribution is 7.15. The summed E-state index contributed by atoms with van der Waals surface area (Å²) in [6.45, 7) is 1.56. The number of carbonyl (C=O) groups is 3.